The molecule has 0 aliphatic carbocycles. The molecular weight excluding hydrogens is 232 g/mol. The van der Waals surface area contributed by atoms with E-state index in [1.807, 2.05) is 26.0 Å². The third-order valence-corrected chi connectivity index (χ3v) is 3.90. The fraction of sp³-hybridized carbons (Fsp3) is 0.308. The molecule has 2 heterocycles. The van der Waals surface area contributed by atoms with Crippen LogP contribution in [0.1, 0.15) is 30.0 Å². The van der Waals surface area contributed by atoms with Crippen LogP contribution in [0.25, 0.3) is 10.6 Å². The van der Waals surface area contributed by atoms with Gasteiger partial charge in [0.2, 0.25) is 0 Å². The largest absolute Gasteiger partial charge is 0.460 e. The van der Waals surface area contributed by atoms with E-state index >= 15 is 0 Å². The quantitative estimate of drug-likeness (QED) is 0.900. The number of nitrogen functional groups attached to an aromatic ring is 1. The summed E-state index contributed by atoms with van der Waals surface area (Å²) in [6, 6.07) is 6.05. The molecule has 2 aromatic rings. The van der Waals surface area contributed by atoms with Crippen molar-refractivity contribution < 1.29 is 4.42 Å². The Kier molecular flexibility index (Phi) is 3.21. The number of furan rings is 1. The molecule has 2 N–H and O–H groups in total. The number of nitrogens with two attached hydrogens (primary N) is 1. The molecule has 0 aliphatic heterocycles. The topological polar surface area (TPSA) is 63.0 Å². The van der Waals surface area contributed by atoms with E-state index in [2.05, 4.69) is 6.07 Å². The van der Waals surface area contributed by atoms with E-state index in [9.17, 15) is 0 Å². The molecule has 0 radical (unpaired) electrons. The molecule has 0 aromatic carbocycles. The summed E-state index contributed by atoms with van der Waals surface area (Å²) in [6.45, 7) is 4.08. The average Bonchev–Trinajstić information content (AvgIpc) is 2.92. The highest BCUT2D eigenvalue weighted by molar-refractivity contribution is 7.16. The summed E-state index contributed by atoms with van der Waals surface area (Å²) in [5.74, 6) is 1.77. The monoisotopic (exact) mass is 246 g/mol. The number of nitriles is 1. The van der Waals surface area contributed by atoms with Crippen LogP contribution in [-0.4, -0.2) is 0 Å². The van der Waals surface area contributed by atoms with E-state index in [0.29, 0.717) is 10.6 Å². The summed E-state index contributed by atoms with van der Waals surface area (Å²) in [5, 5.41) is 9.00. The molecule has 0 spiro atoms. The first-order chi connectivity index (χ1) is 8.21. The van der Waals surface area contributed by atoms with Gasteiger partial charge in [-0.3, -0.25) is 0 Å². The summed E-state index contributed by atoms with van der Waals surface area (Å²) in [4.78, 5) is 1.56. The first-order valence-electron chi connectivity index (χ1n) is 5.61. The lowest BCUT2D eigenvalue weighted by molar-refractivity contribution is 0.530. The third kappa shape index (κ3) is 1.94. The van der Waals surface area contributed by atoms with Gasteiger partial charge in [-0.15, -0.1) is 11.3 Å². The Morgan fingerprint density at radius 1 is 1.35 bits per heavy atom. The van der Waals surface area contributed by atoms with Gasteiger partial charge in [-0.25, -0.2) is 0 Å². The SMILES string of the molecule is CCc1ccc(-c2sc(C#N)c(N)c2CC)o1. The molecule has 0 bridgehead atoms. The molecular formula is C13H14N2OS. The summed E-state index contributed by atoms with van der Waals surface area (Å²) in [7, 11) is 0. The van der Waals surface area contributed by atoms with E-state index in [1.165, 1.54) is 11.3 Å². The smallest absolute Gasteiger partial charge is 0.144 e. The zero-order chi connectivity index (χ0) is 12.4. The van der Waals surface area contributed by atoms with E-state index in [-0.39, 0.29) is 0 Å². The normalized spacial score (nSPS) is 10.4. The molecule has 0 atom stereocenters. The molecule has 2 rings (SSSR count). The van der Waals surface area contributed by atoms with Gasteiger partial charge in [0.25, 0.3) is 0 Å². The van der Waals surface area contributed by atoms with Gasteiger partial charge in [-0.2, -0.15) is 5.26 Å². The molecule has 17 heavy (non-hydrogen) atoms. The van der Waals surface area contributed by atoms with Gasteiger partial charge in [0.1, 0.15) is 22.5 Å². The Hall–Kier alpha value is -1.73. The molecule has 0 saturated heterocycles. The minimum Gasteiger partial charge on any atom is -0.460 e. The van der Waals surface area contributed by atoms with E-state index in [1.54, 1.807) is 0 Å². The molecule has 0 aliphatic rings. The minimum atomic E-state index is 0.575. The van der Waals surface area contributed by atoms with Crippen LogP contribution < -0.4 is 5.73 Å². The predicted molar refractivity (Wildman–Crippen MR) is 69.9 cm³/mol. The average molecular weight is 246 g/mol. The second kappa shape index (κ2) is 4.64. The molecule has 4 heteroatoms. The molecule has 0 fully saturated rings. The van der Waals surface area contributed by atoms with Gasteiger partial charge < -0.3 is 10.2 Å². The van der Waals surface area contributed by atoms with Crippen molar-refractivity contribution >= 4 is 17.0 Å². The van der Waals surface area contributed by atoms with Crippen molar-refractivity contribution in [2.75, 3.05) is 5.73 Å². The molecule has 3 nitrogen and oxygen atoms in total. The van der Waals surface area contributed by atoms with Crippen molar-refractivity contribution in [3.8, 4) is 16.7 Å². The predicted octanol–water partition coefficient (Wildman–Crippen LogP) is 3.59. The van der Waals surface area contributed by atoms with Crippen LogP contribution in [0.5, 0.6) is 0 Å². The zero-order valence-corrected chi connectivity index (χ0v) is 10.7. The Balaban J connectivity index is 2.55. The van der Waals surface area contributed by atoms with Crippen LogP contribution in [0.3, 0.4) is 0 Å². The number of rotatable bonds is 3. The number of nitrogens with zero attached hydrogens (tertiary/aromatic N) is 1. The molecule has 0 amide bonds. The standard InChI is InChI=1S/C13H14N2OS/c1-3-8-5-6-10(16-8)13-9(4-2)12(15)11(7-14)17-13/h5-6H,3-4,15H2,1-2H3. The number of hydrogen-bond donors (Lipinski definition) is 1. The van der Waals surface area contributed by atoms with Crippen LogP contribution in [0.4, 0.5) is 5.69 Å². The number of hydrogen-bond acceptors (Lipinski definition) is 4. The van der Waals surface area contributed by atoms with Crippen molar-refractivity contribution in [2.24, 2.45) is 0 Å². The van der Waals surface area contributed by atoms with Crippen molar-refractivity contribution in [1.82, 2.24) is 0 Å². The van der Waals surface area contributed by atoms with Gasteiger partial charge >= 0.3 is 0 Å². The van der Waals surface area contributed by atoms with E-state index < -0.39 is 0 Å². The van der Waals surface area contributed by atoms with Gasteiger partial charge in [-0.05, 0) is 24.1 Å². The van der Waals surface area contributed by atoms with Gasteiger partial charge in [0, 0.05) is 6.42 Å². The van der Waals surface area contributed by atoms with Crippen molar-refractivity contribution in [3.63, 3.8) is 0 Å². The highest BCUT2D eigenvalue weighted by atomic mass is 32.1. The second-order valence-corrected chi connectivity index (χ2v) is 4.76. The Morgan fingerprint density at radius 3 is 2.65 bits per heavy atom. The second-order valence-electron chi connectivity index (χ2n) is 3.74. The van der Waals surface area contributed by atoms with Gasteiger partial charge in [0.05, 0.1) is 10.6 Å². The zero-order valence-electron chi connectivity index (χ0n) is 9.91. The minimum absolute atomic E-state index is 0.575. The van der Waals surface area contributed by atoms with Crippen LogP contribution in [0.2, 0.25) is 0 Å². The van der Waals surface area contributed by atoms with Crippen molar-refractivity contribution in [3.05, 3.63) is 28.3 Å². The lowest BCUT2D eigenvalue weighted by Crippen LogP contribution is -1.91. The highest BCUT2D eigenvalue weighted by Crippen LogP contribution is 2.39. The van der Waals surface area contributed by atoms with Crippen LogP contribution in [0.15, 0.2) is 16.5 Å². The first kappa shape index (κ1) is 11.7. The Morgan fingerprint density at radius 2 is 2.12 bits per heavy atom. The van der Waals surface area contributed by atoms with Crippen molar-refractivity contribution in [2.45, 2.75) is 26.7 Å². The molecule has 2 aromatic heterocycles. The first-order valence-corrected chi connectivity index (χ1v) is 6.43. The summed E-state index contributed by atoms with van der Waals surface area (Å²) < 4.78 is 5.72. The summed E-state index contributed by atoms with van der Waals surface area (Å²) >= 11 is 1.41. The fourth-order valence-corrected chi connectivity index (χ4v) is 2.87. The fourth-order valence-electron chi connectivity index (χ4n) is 1.80. The van der Waals surface area contributed by atoms with Gasteiger partial charge in [-0.1, -0.05) is 13.8 Å². The highest BCUT2D eigenvalue weighted by Gasteiger charge is 2.18. The number of anilines is 1. The molecule has 0 unspecified atom stereocenters. The lowest BCUT2D eigenvalue weighted by Gasteiger charge is -1.98. The molecule has 88 valence electrons. The van der Waals surface area contributed by atoms with Crippen LogP contribution in [-0.2, 0) is 12.8 Å². The third-order valence-electron chi connectivity index (χ3n) is 2.74. The van der Waals surface area contributed by atoms with Gasteiger partial charge in [0.15, 0.2) is 0 Å². The molecule has 0 saturated carbocycles. The summed E-state index contributed by atoms with van der Waals surface area (Å²) in [6.07, 6.45) is 1.68. The van der Waals surface area contributed by atoms with Crippen molar-refractivity contribution in [1.29, 1.82) is 5.26 Å². The van der Waals surface area contributed by atoms with Crippen LogP contribution in [0, 0.1) is 11.3 Å². The number of aryl methyl sites for hydroxylation is 1. The number of thiophene rings is 1. The maximum Gasteiger partial charge on any atom is 0.144 e. The Bertz CT molecular complexity index is 575. The van der Waals surface area contributed by atoms with E-state index in [0.717, 1.165) is 34.8 Å². The van der Waals surface area contributed by atoms with E-state index in [4.69, 9.17) is 15.4 Å². The summed E-state index contributed by atoms with van der Waals surface area (Å²) in [5.41, 5.74) is 7.57. The lowest BCUT2D eigenvalue weighted by atomic mass is 10.1. The Labute approximate surface area is 104 Å². The maximum atomic E-state index is 9.00. The van der Waals surface area contributed by atoms with Crippen LogP contribution >= 0.6 is 11.3 Å². The maximum absolute atomic E-state index is 9.00.